The van der Waals surface area contributed by atoms with E-state index in [4.69, 9.17) is 5.73 Å². The fraction of sp³-hybridized carbons (Fsp3) is 0.636. The quantitative estimate of drug-likeness (QED) is 0.825. The van der Waals surface area contributed by atoms with Crippen molar-refractivity contribution in [3.63, 3.8) is 0 Å². The summed E-state index contributed by atoms with van der Waals surface area (Å²) in [4.78, 5) is 0.329. The van der Waals surface area contributed by atoms with Crippen LogP contribution in [0.25, 0.3) is 0 Å². The molecule has 0 bridgehead atoms. The van der Waals surface area contributed by atoms with Crippen LogP contribution in [-0.4, -0.2) is 30.4 Å². The van der Waals surface area contributed by atoms with Crippen molar-refractivity contribution in [1.82, 2.24) is 8.87 Å². The molecule has 0 saturated heterocycles. The third kappa shape index (κ3) is 2.88. The molecule has 0 fully saturated rings. The van der Waals surface area contributed by atoms with E-state index in [0.29, 0.717) is 24.5 Å². The minimum atomic E-state index is -3.37. The van der Waals surface area contributed by atoms with Crippen LogP contribution >= 0.6 is 0 Å². The molecule has 1 rings (SSSR count). The maximum Gasteiger partial charge on any atom is 0.244 e. The Bertz CT molecular complexity index is 465. The molecule has 2 N–H and O–H groups in total. The summed E-state index contributed by atoms with van der Waals surface area (Å²) in [7, 11) is -1.57. The topological polar surface area (TPSA) is 68.3 Å². The van der Waals surface area contributed by atoms with Gasteiger partial charge in [-0.1, -0.05) is 13.8 Å². The van der Waals surface area contributed by atoms with Crippen molar-refractivity contribution in [2.24, 2.45) is 12.8 Å². The zero-order valence-electron chi connectivity index (χ0n) is 10.7. The first-order valence-electron chi connectivity index (χ1n) is 5.82. The SMILES string of the molecule is CCCN(CC)S(=O)(=O)c1cc(CN)n(C)c1. The molecule has 1 heterocycles. The number of hydrogen-bond acceptors (Lipinski definition) is 3. The molecule has 6 heteroatoms. The fourth-order valence-electron chi connectivity index (χ4n) is 1.77. The van der Waals surface area contributed by atoms with E-state index in [9.17, 15) is 8.42 Å². The standard InChI is InChI=1S/C11H21N3O2S/c1-4-6-14(5-2)17(15,16)11-7-10(8-12)13(3)9-11/h7,9H,4-6,8,12H2,1-3H3. The maximum absolute atomic E-state index is 12.3. The Kier molecular flexibility index (Phi) is 4.73. The normalized spacial score (nSPS) is 12.3. The predicted molar refractivity (Wildman–Crippen MR) is 68.0 cm³/mol. The van der Waals surface area contributed by atoms with E-state index in [0.717, 1.165) is 12.1 Å². The first-order valence-corrected chi connectivity index (χ1v) is 7.26. The van der Waals surface area contributed by atoms with Gasteiger partial charge in [-0.15, -0.1) is 0 Å². The Hall–Kier alpha value is -0.850. The average molecular weight is 259 g/mol. The molecule has 0 aliphatic rings. The second-order valence-corrected chi connectivity index (χ2v) is 5.92. The van der Waals surface area contributed by atoms with E-state index in [1.54, 1.807) is 23.9 Å². The Morgan fingerprint density at radius 3 is 2.47 bits per heavy atom. The Labute approximate surface area is 103 Å². The lowest BCUT2D eigenvalue weighted by Gasteiger charge is -2.18. The minimum Gasteiger partial charge on any atom is -0.352 e. The van der Waals surface area contributed by atoms with Crippen LogP contribution in [0.1, 0.15) is 26.0 Å². The predicted octanol–water partition coefficient (Wildman–Crippen LogP) is 0.904. The summed E-state index contributed by atoms with van der Waals surface area (Å²) in [6, 6.07) is 1.65. The summed E-state index contributed by atoms with van der Waals surface area (Å²) < 4.78 is 27.9. The second kappa shape index (κ2) is 5.66. The molecule has 0 spiro atoms. The molecule has 0 aromatic carbocycles. The fourth-order valence-corrected chi connectivity index (χ4v) is 3.41. The molecule has 0 atom stereocenters. The lowest BCUT2D eigenvalue weighted by atomic mass is 10.4. The highest BCUT2D eigenvalue weighted by Gasteiger charge is 2.23. The van der Waals surface area contributed by atoms with Crippen LogP contribution in [0, 0.1) is 0 Å². The van der Waals surface area contributed by atoms with Gasteiger partial charge < -0.3 is 10.3 Å². The van der Waals surface area contributed by atoms with Crippen LogP contribution in [0.15, 0.2) is 17.2 Å². The van der Waals surface area contributed by atoms with Crippen molar-refractivity contribution >= 4 is 10.0 Å². The van der Waals surface area contributed by atoms with E-state index in [1.165, 1.54) is 4.31 Å². The maximum atomic E-state index is 12.3. The summed E-state index contributed by atoms with van der Waals surface area (Å²) >= 11 is 0. The van der Waals surface area contributed by atoms with Crippen molar-refractivity contribution in [2.45, 2.75) is 31.7 Å². The van der Waals surface area contributed by atoms with Gasteiger partial charge in [0.25, 0.3) is 0 Å². The van der Waals surface area contributed by atoms with Crippen LogP contribution in [-0.2, 0) is 23.6 Å². The minimum absolute atomic E-state index is 0.329. The summed E-state index contributed by atoms with van der Waals surface area (Å²) in [5, 5.41) is 0. The molecule has 0 aliphatic heterocycles. The van der Waals surface area contributed by atoms with E-state index in [2.05, 4.69) is 0 Å². The number of sulfonamides is 1. The summed E-state index contributed by atoms with van der Waals surface area (Å²) in [6.45, 7) is 5.19. The largest absolute Gasteiger partial charge is 0.352 e. The molecule has 0 amide bonds. The molecule has 0 saturated carbocycles. The molecule has 0 aliphatic carbocycles. The molecule has 5 nitrogen and oxygen atoms in total. The first kappa shape index (κ1) is 14.2. The third-order valence-electron chi connectivity index (χ3n) is 2.76. The van der Waals surface area contributed by atoms with Gasteiger partial charge in [-0.05, 0) is 12.5 Å². The van der Waals surface area contributed by atoms with E-state index in [1.807, 2.05) is 13.8 Å². The van der Waals surface area contributed by atoms with Gasteiger partial charge >= 0.3 is 0 Å². The number of nitrogens with two attached hydrogens (primary N) is 1. The summed E-state index contributed by atoms with van der Waals surface area (Å²) in [5.41, 5.74) is 6.36. The second-order valence-electron chi connectivity index (χ2n) is 3.98. The van der Waals surface area contributed by atoms with E-state index >= 15 is 0 Å². The number of nitrogens with zero attached hydrogens (tertiary/aromatic N) is 2. The lowest BCUT2D eigenvalue weighted by Crippen LogP contribution is -2.31. The van der Waals surface area contributed by atoms with Crippen LogP contribution in [0.2, 0.25) is 0 Å². The zero-order chi connectivity index (χ0) is 13.1. The van der Waals surface area contributed by atoms with Crippen LogP contribution < -0.4 is 5.73 Å². The zero-order valence-corrected chi connectivity index (χ0v) is 11.5. The summed E-state index contributed by atoms with van der Waals surface area (Å²) in [6.07, 6.45) is 2.43. The Morgan fingerprint density at radius 1 is 1.41 bits per heavy atom. The van der Waals surface area contributed by atoms with Gasteiger partial charge in [0.2, 0.25) is 10.0 Å². The van der Waals surface area contributed by atoms with Gasteiger partial charge in [0.15, 0.2) is 0 Å². The molecule has 1 aromatic rings. The van der Waals surface area contributed by atoms with Crippen molar-refractivity contribution in [3.8, 4) is 0 Å². The molecule has 0 unspecified atom stereocenters. The van der Waals surface area contributed by atoms with Crippen LogP contribution in [0.3, 0.4) is 0 Å². The molecule has 0 radical (unpaired) electrons. The summed E-state index contributed by atoms with van der Waals surface area (Å²) in [5.74, 6) is 0. The lowest BCUT2D eigenvalue weighted by molar-refractivity contribution is 0.427. The highest BCUT2D eigenvalue weighted by atomic mass is 32.2. The number of aromatic nitrogens is 1. The van der Waals surface area contributed by atoms with Crippen molar-refractivity contribution in [3.05, 3.63) is 18.0 Å². The number of aryl methyl sites for hydroxylation is 1. The van der Waals surface area contributed by atoms with E-state index in [-0.39, 0.29) is 0 Å². The van der Waals surface area contributed by atoms with Gasteiger partial charge in [-0.2, -0.15) is 4.31 Å². The smallest absolute Gasteiger partial charge is 0.244 e. The molecule has 1 aromatic heterocycles. The van der Waals surface area contributed by atoms with Crippen molar-refractivity contribution in [1.29, 1.82) is 0 Å². The van der Waals surface area contributed by atoms with Gasteiger partial charge in [0.05, 0.1) is 0 Å². The number of rotatable bonds is 6. The molecule has 17 heavy (non-hydrogen) atoms. The monoisotopic (exact) mass is 259 g/mol. The van der Waals surface area contributed by atoms with Gasteiger partial charge in [0.1, 0.15) is 4.90 Å². The molecular formula is C11H21N3O2S. The average Bonchev–Trinajstić information content (AvgIpc) is 2.67. The highest BCUT2D eigenvalue weighted by molar-refractivity contribution is 7.89. The van der Waals surface area contributed by atoms with Gasteiger partial charge in [-0.3, -0.25) is 0 Å². The van der Waals surface area contributed by atoms with Gasteiger partial charge in [0, 0.05) is 38.6 Å². The third-order valence-corrected chi connectivity index (χ3v) is 4.70. The van der Waals surface area contributed by atoms with Crippen LogP contribution in [0.5, 0.6) is 0 Å². The highest BCUT2D eigenvalue weighted by Crippen LogP contribution is 2.18. The molecular weight excluding hydrogens is 238 g/mol. The van der Waals surface area contributed by atoms with Crippen molar-refractivity contribution < 1.29 is 8.42 Å². The Balaban J connectivity index is 3.11. The van der Waals surface area contributed by atoms with Gasteiger partial charge in [-0.25, -0.2) is 8.42 Å². The Morgan fingerprint density at radius 2 is 2.06 bits per heavy atom. The van der Waals surface area contributed by atoms with Crippen molar-refractivity contribution in [2.75, 3.05) is 13.1 Å². The molecule has 98 valence electrons. The van der Waals surface area contributed by atoms with Crippen LogP contribution in [0.4, 0.5) is 0 Å². The first-order chi connectivity index (χ1) is 7.97. The van der Waals surface area contributed by atoms with E-state index < -0.39 is 10.0 Å². The number of hydrogen-bond donors (Lipinski definition) is 1.